The number of aromatic nitrogens is 1. The second-order valence-corrected chi connectivity index (χ2v) is 5.80. The van der Waals surface area contributed by atoms with Crippen LogP contribution in [0.3, 0.4) is 0 Å². The Hall–Kier alpha value is -2.34. The predicted molar refractivity (Wildman–Crippen MR) is 88.2 cm³/mol. The summed E-state index contributed by atoms with van der Waals surface area (Å²) in [6.07, 6.45) is 4.08. The van der Waals surface area contributed by atoms with E-state index in [9.17, 15) is 9.59 Å². The zero-order chi connectivity index (χ0) is 16.2. The molecule has 2 heterocycles. The van der Waals surface area contributed by atoms with Crippen LogP contribution in [0.2, 0.25) is 0 Å². The lowest BCUT2D eigenvalue weighted by Crippen LogP contribution is -2.34. The topological polar surface area (TPSA) is 72.4 Å². The van der Waals surface area contributed by atoms with Crippen LogP contribution in [0, 0.1) is 0 Å². The number of rotatable bonds is 5. The second kappa shape index (κ2) is 6.83. The summed E-state index contributed by atoms with van der Waals surface area (Å²) in [6, 6.07) is 7.57. The van der Waals surface area contributed by atoms with E-state index in [0.717, 1.165) is 36.0 Å². The van der Waals surface area contributed by atoms with Gasteiger partial charge in [-0.25, -0.2) is 0 Å². The molecule has 1 aliphatic rings. The van der Waals surface area contributed by atoms with Crippen molar-refractivity contribution in [3.05, 3.63) is 30.5 Å². The highest BCUT2D eigenvalue weighted by Gasteiger charge is 2.16. The first-order chi connectivity index (χ1) is 11.1. The molecule has 1 unspecified atom stereocenters. The minimum Gasteiger partial charge on any atom is -0.376 e. The molecule has 2 aromatic rings. The van der Waals surface area contributed by atoms with Crippen molar-refractivity contribution in [3.63, 3.8) is 0 Å². The molecule has 0 spiro atoms. The molecular weight excluding hydrogens is 294 g/mol. The fourth-order valence-electron chi connectivity index (χ4n) is 2.90. The minimum atomic E-state index is -0.112. The first-order valence-electron chi connectivity index (χ1n) is 7.87. The summed E-state index contributed by atoms with van der Waals surface area (Å²) in [4.78, 5) is 23.4. The Labute approximate surface area is 134 Å². The fraction of sp³-hybridized carbons (Fsp3) is 0.412. The Bertz CT molecular complexity index is 717. The average Bonchev–Trinajstić information content (AvgIpc) is 3.15. The van der Waals surface area contributed by atoms with E-state index < -0.39 is 0 Å². The quantitative estimate of drug-likeness (QED) is 0.885. The fourth-order valence-corrected chi connectivity index (χ4v) is 2.90. The highest BCUT2D eigenvalue weighted by Crippen LogP contribution is 2.24. The zero-order valence-corrected chi connectivity index (χ0v) is 13.2. The Morgan fingerprint density at radius 3 is 2.96 bits per heavy atom. The summed E-state index contributed by atoms with van der Waals surface area (Å²) in [5, 5.41) is 6.65. The van der Waals surface area contributed by atoms with E-state index in [0.29, 0.717) is 6.54 Å². The van der Waals surface area contributed by atoms with Crippen LogP contribution in [0.25, 0.3) is 10.9 Å². The van der Waals surface area contributed by atoms with Gasteiger partial charge in [-0.1, -0.05) is 6.07 Å². The Kier molecular flexibility index (Phi) is 4.62. The van der Waals surface area contributed by atoms with Crippen molar-refractivity contribution in [2.45, 2.75) is 32.4 Å². The van der Waals surface area contributed by atoms with Crippen LogP contribution in [0.1, 0.15) is 19.8 Å². The number of ether oxygens (including phenoxy) is 1. The predicted octanol–water partition coefficient (Wildman–Crippen LogP) is 1.89. The van der Waals surface area contributed by atoms with Crippen LogP contribution in [0.4, 0.5) is 5.69 Å². The molecule has 0 saturated carbocycles. The molecule has 1 saturated heterocycles. The molecular formula is C17H21N3O3. The number of hydrogen-bond acceptors (Lipinski definition) is 3. The zero-order valence-electron chi connectivity index (χ0n) is 13.2. The molecule has 6 nitrogen and oxygen atoms in total. The van der Waals surface area contributed by atoms with Crippen LogP contribution < -0.4 is 10.6 Å². The van der Waals surface area contributed by atoms with Gasteiger partial charge in [-0.05, 0) is 31.0 Å². The van der Waals surface area contributed by atoms with Gasteiger partial charge in [-0.2, -0.15) is 0 Å². The smallest absolute Gasteiger partial charge is 0.240 e. The molecule has 1 fully saturated rings. The highest BCUT2D eigenvalue weighted by atomic mass is 16.5. The van der Waals surface area contributed by atoms with Crippen molar-refractivity contribution in [1.29, 1.82) is 0 Å². The number of amides is 2. The lowest BCUT2D eigenvalue weighted by molar-refractivity contribution is -0.122. The van der Waals surface area contributed by atoms with Gasteiger partial charge in [-0.3, -0.25) is 9.59 Å². The van der Waals surface area contributed by atoms with Gasteiger partial charge >= 0.3 is 0 Å². The van der Waals surface area contributed by atoms with Gasteiger partial charge in [-0.15, -0.1) is 0 Å². The maximum Gasteiger partial charge on any atom is 0.240 e. The maximum atomic E-state index is 12.1. The van der Waals surface area contributed by atoms with Crippen molar-refractivity contribution in [2.24, 2.45) is 0 Å². The number of nitrogens with one attached hydrogen (secondary N) is 2. The maximum absolute atomic E-state index is 12.1. The summed E-state index contributed by atoms with van der Waals surface area (Å²) in [7, 11) is 0. The van der Waals surface area contributed by atoms with Crippen molar-refractivity contribution in [1.82, 2.24) is 9.88 Å². The SMILES string of the molecule is CC(=O)Nc1cccc2c1ccn2CC(=O)NCC1CCCO1. The number of hydrogen-bond donors (Lipinski definition) is 2. The third-order valence-electron chi connectivity index (χ3n) is 3.99. The van der Waals surface area contributed by atoms with E-state index in [1.54, 1.807) is 0 Å². The lowest BCUT2D eigenvalue weighted by Gasteiger charge is -2.12. The highest BCUT2D eigenvalue weighted by molar-refractivity contribution is 6.01. The van der Waals surface area contributed by atoms with Crippen LogP contribution in [0.15, 0.2) is 30.5 Å². The van der Waals surface area contributed by atoms with Crippen molar-refractivity contribution in [2.75, 3.05) is 18.5 Å². The Morgan fingerprint density at radius 2 is 2.22 bits per heavy atom. The molecule has 1 atom stereocenters. The number of carbonyl (C=O) groups excluding carboxylic acids is 2. The third kappa shape index (κ3) is 3.71. The van der Waals surface area contributed by atoms with E-state index in [2.05, 4.69) is 10.6 Å². The van der Waals surface area contributed by atoms with Gasteiger partial charge in [0.1, 0.15) is 6.54 Å². The van der Waals surface area contributed by atoms with E-state index >= 15 is 0 Å². The molecule has 0 aliphatic carbocycles. The van der Waals surface area contributed by atoms with Crippen LogP contribution in [0.5, 0.6) is 0 Å². The van der Waals surface area contributed by atoms with Gasteiger partial charge in [0, 0.05) is 31.7 Å². The van der Waals surface area contributed by atoms with Crippen molar-refractivity contribution >= 4 is 28.4 Å². The average molecular weight is 315 g/mol. The molecule has 23 heavy (non-hydrogen) atoms. The summed E-state index contributed by atoms with van der Waals surface area (Å²) in [5.41, 5.74) is 1.68. The summed E-state index contributed by atoms with van der Waals surface area (Å²) >= 11 is 0. The van der Waals surface area contributed by atoms with Crippen LogP contribution >= 0.6 is 0 Å². The van der Waals surface area contributed by atoms with E-state index in [1.807, 2.05) is 35.0 Å². The number of benzene rings is 1. The molecule has 0 bridgehead atoms. The van der Waals surface area contributed by atoms with Crippen LogP contribution in [-0.2, 0) is 20.9 Å². The summed E-state index contributed by atoms with van der Waals surface area (Å²) < 4.78 is 7.38. The molecule has 2 amide bonds. The first kappa shape index (κ1) is 15.6. The van der Waals surface area contributed by atoms with Gasteiger partial charge in [0.05, 0.1) is 17.3 Å². The van der Waals surface area contributed by atoms with Gasteiger partial charge in [0.2, 0.25) is 11.8 Å². The molecule has 0 radical (unpaired) electrons. The second-order valence-electron chi connectivity index (χ2n) is 5.80. The molecule has 1 aliphatic heterocycles. The van der Waals surface area contributed by atoms with Crippen molar-refractivity contribution < 1.29 is 14.3 Å². The van der Waals surface area contributed by atoms with Gasteiger partial charge in [0.25, 0.3) is 0 Å². The van der Waals surface area contributed by atoms with E-state index in [4.69, 9.17) is 4.74 Å². The number of fused-ring (bicyclic) bond motifs is 1. The largest absolute Gasteiger partial charge is 0.376 e. The normalized spacial score (nSPS) is 17.3. The molecule has 3 rings (SSSR count). The molecule has 1 aromatic heterocycles. The third-order valence-corrected chi connectivity index (χ3v) is 3.99. The lowest BCUT2D eigenvalue weighted by atomic mass is 10.2. The number of carbonyl (C=O) groups is 2. The van der Waals surface area contributed by atoms with Crippen LogP contribution in [-0.4, -0.2) is 35.6 Å². The standard InChI is InChI=1S/C17H21N3O3/c1-12(21)19-15-5-2-6-16-14(15)7-8-20(16)11-17(22)18-10-13-4-3-9-23-13/h2,5-8,13H,3-4,9-11H2,1H3,(H,18,22)(H,19,21). The summed E-state index contributed by atoms with van der Waals surface area (Å²) in [6.45, 7) is 3.08. The van der Waals surface area contributed by atoms with Gasteiger partial charge < -0.3 is 19.9 Å². The number of anilines is 1. The molecule has 122 valence electrons. The molecule has 2 N–H and O–H groups in total. The Balaban J connectivity index is 1.67. The van der Waals surface area contributed by atoms with Crippen molar-refractivity contribution in [3.8, 4) is 0 Å². The monoisotopic (exact) mass is 315 g/mol. The minimum absolute atomic E-state index is 0.0390. The van der Waals surface area contributed by atoms with E-state index in [1.165, 1.54) is 6.92 Å². The first-order valence-corrected chi connectivity index (χ1v) is 7.87. The van der Waals surface area contributed by atoms with Gasteiger partial charge in [0.15, 0.2) is 0 Å². The summed E-state index contributed by atoms with van der Waals surface area (Å²) in [5.74, 6) is -0.150. The molecule has 1 aromatic carbocycles. The Morgan fingerprint density at radius 1 is 1.35 bits per heavy atom. The van der Waals surface area contributed by atoms with E-state index in [-0.39, 0.29) is 24.5 Å². The number of nitrogens with zero attached hydrogens (tertiary/aromatic N) is 1. The molecule has 6 heteroatoms.